The fourth-order valence-corrected chi connectivity index (χ4v) is 6.33. The van der Waals surface area contributed by atoms with Crippen molar-refractivity contribution in [1.29, 1.82) is 0 Å². The average molecular weight is 727 g/mol. The molecule has 46 heavy (non-hydrogen) atoms. The van der Waals surface area contributed by atoms with Crippen molar-refractivity contribution in [2.75, 3.05) is 0 Å². The summed E-state index contributed by atoms with van der Waals surface area (Å²) in [5.41, 5.74) is 6.06. The first kappa shape index (κ1) is 39.7. The van der Waals surface area contributed by atoms with Gasteiger partial charge in [0.05, 0.1) is 0 Å². The summed E-state index contributed by atoms with van der Waals surface area (Å²) in [6.07, 6.45) is 10.0. The van der Waals surface area contributed by atoms with Crippen LogP contribution < -0.4 is 24.8 Å². The summed E-state index contributed by atoms with van der Waals surface area (Å²) in [7, 11) is 0. The van der Waals surface area contributed by atoms with Crippen LogP contribution in [0.4, 0.5) is 0 Å². The Morgan fingerprint density at radius 2 is 1.07 bits per heavy atom. The third kappa shape index (κ3) is 10.5. The maximum Gasteiger partial charge on any atom is -0.109 e. The molecule has 1 aliphatic rings. The van der Waals surface area contributed by atoms with E-state index in [1.54, 1.807) is 27.4 Å². The fourth-order valence-electron chi connectivity index (χ4n) is 5.51. The molecule has 2 unspecified atom stereocenters. The van der Waals surface area contributed by atoms with E-state index >= 15 is 0 Å². The third-order valence-corrected chi connectivity index (χ3v) is 10.7. The van der Waals surface area contributed by atoms with Crippen LogP contribution in [0.15, 0.2) is 121 Å². The van der Waals surface area contributed by atoms with Crippen molar-refractivity contribution in [3.05, 3.63) is 150 Å². The van der Waals surface area contributed by atoms with E-state index in [4.69, 9.17) is 0 Å². The molecule has 0 spiro atoms. The van der Waals surface area contributed by atoms with Crippen LogP contribution in [0.3, 0.4) is 0 Å². The van der Waals surface area contributed by atoms with E-state index in [2.05, 4.69) is 171 Å². The summed E-state index contributed by atoms with van der Waals surface area (Å²) in [6.45, 7) is 18.3. The molecule has 0 aliphatic heterocycles. The molecule has 0 radical (unpaired) electrons. The molecule has 0 N–H and O–H groups in total. The molecule has 0 saturated carbocycles. The maximum atomic E-state index is 2.99. The van der Waals surface area contributed by atoms with Gasteiger partial charge in [0, 0.05) is 0 Å². The summed E-state index contributed by atoms with van der Waals surface area (Å²) in [4.78, 5) is 0. The van der Waals surface area contributed by atoms with Crippen LogP contribution in [-0.2, 0) is 35.1 Å². The Kier molecular flexibility index (Phi) is 15.2. The Bertz CT molecular complexity index is 1600. The van der Waals surface area contributed by atoms with E-state index < -0.39 is 0 Å². The molecule has 1 aliphatic carbocycles. The van der Waals surface area contributed by atoms with Crippen LogP contribution in [0, 0.1) is 6.08 Å². The van der Waals surface area contributed by atoms with E-state index in [1.807, 2.05) is 12.2 Å². The molecule has 5 aromatic carbocycles. The minimum atomic E-state index is 0. The van der Waals surface area contributed by atoms with Crippen LogP contribution in [0.25, 0.3) is 21.5 Å². The summed E-state index contributed by atoms with van der Waals surface area (Å²) < 4.78 is 1.61. The van der Waals surface area contributed by atoms with Gasteiger partial charge in [-0.25, -0.2) is 12.2 Å². The second-order valence-electron chi connectivity index (χ2n) is 14.0. The van der Waals surface area contributed by atoms with Gasteiger partial charge in [0.2, 0.25) is 0 Å². The number of halogens is 2. The summed E-state index contributed by atoms with van der Waals surface area (Å²) >= 11 is 1.54. The zero-order chi connectivity index (χ0) is 31.9. The first-order valence-corrected chi connectivity index (χ1v) is 17.1. The van der Waals surface area contributed by atoms with Crippen LogP contribution in [0.5, 0.6) is 0 Å². The van der Waals surface area contributed by atoms with Crippen LogP contribution in [0.1, 0.15) is 95.9 Å². The predicted molar refractivity (Wildman–Crippen MR) is 191 cm³/mol. The number of benzene rings is 4. The van der Waals surface area contributed by atoms with E-state index in [9.17, 15) is 0 Å². The quantitative estimate of drug-likeness (QED) is 0.202. The van der Waals surface area contributed by atoms with Crippen LogP contribution in [0.2, 0.25) is 0 Å². The maximum absolute atomic E-state index is 2.99. The smallest absolute Gasteiger partial charge is 0.109 e. The number of rotatable bonds is 4. The van der Waals surface area contributed by atoms with Gasteiger partial charge < -0.3 is 24.8 Å². The number of hydrogen-bond donors (Lipinski definition) is 0. The summed E-state index contributed by atoms with van der Waals surface area (Å²) in [5.74, 6) is 1.08. The largest absolute Gasteiger partial charge is 1.00 e. The molecule has 3 heteroatoms. The fraction of sp³-hybridized carbons (Fsp3) is 0.302. The zero-order valence-corrected chi connectivity index (χ0v) is 32.6. The van der Waals surface area contributed by atoms with Gasteiger partial charge in [0.1, 0.15) is 0 Å². The van der Waals surface area contributed by atoms with Crippen molar-refractivity contribution >= 4 is 24.8 Å². The van der Waals surface area contributed by atoms with E-state index in [0.717, 1.165) is 6.42 Å². The normalized spacial score (nSPS) is 13.4. The molecule has 0 saturated heterocycles. The molecule has 0 fully saturated rings. The van der Waals surface area contributed by atoms with Gasteiger partial charge in [0.25, 0.3) is 0 Å². The first-order chi connectivity index (χ1) is 20.9. The van der Waals surface area contributed by atoms with Crippen LogP contribution >= 0.6 is 0 Å². The molecule has 5 aromatic rings. The van der Waals surface area contributed by atoms with Crippen LogP contribution in [-0.4, -0.2) is 3.21 Å². The van der Waals surface area contributed by atoms with Gasteiger partial charge in [0.15, 0.2) is 0 Å². The zero-order valence-electron chi connectivity index (χ0n) is 28.7. The van der Waals surface area contributed by atoms with Gasteiger partial charge in [-0.1, -0.05) is 76.9 Å². The van der Waals surface area contributed by atoms with E-state index in [-0.39, 0.29) is 35.6 Å². The molecule has 6 rings (SSSR count). The van der Waals surface area contributed by atoms with E-state index in [1.165, 1.54) is 43.8 Å². The van der Waals surface area contributed by atoms with Crippen molar-refractivity contribution in [2.45, 2.75) is 84.5 Å². The number of allylic oxidation sites excluding steroid dienone is 4. The Balaban J connectivity index is 0.000000270. The molecule has 2 atom stereocenters. The SMILES string of the molecule is CC(C)(C)c1ccc2c(c1)[cH-]c1cc(C(C)(C)C)ccc12.CC([C](=[Zr+2])C(C)c1ccccc1)c1ccccc1.[C-]1=CC=CC1.[Cl-].[Cl-]. The van der Waals surface area contributed by atoms with E-state index in [0.29, 0.717) is 11.8 Å². The number of hydrogen-bond acceptors (Lipinski definition) is 0. The third-order valence-electron chi connectivity index (χ3n) is 8.55. The Labute approximate surface area is 305 Å². The van der Waals surface area contributed by atoms with Crippen molar-refractivity contribution in [3.8, 4) is 0 Å². The standard InChI is InChI=1S/C21H25.C17H18.C5H5.2ClH.Zr/c1-20(2,3)16-7-9-18-14(12-16)11-15-13-17(21(4,5)6)8-10-19(15)18;1-14(16-9-5-3-6-10-16)13-15(2)17-11-7-4-8-12-17;1-2-4-5-3-1;;;/h7-13H,1-6H3;3-12,14-15H,1-2H3;1-3H,4H2;2*1H;/q-1;;-1;;;+2/p-2. The average Bonchev–Trinajstić information content (AvgIpc) is 3.72. The van der Waals surface area contributed by atoms with Crippen molar-refractivity contribution in [3.63, 3.8) is 0 Å². The van der Waals surface area contributed by atoms with Crippen molar-refractivity contribution < 1.29 is 49.0 Å². The second-order valence-corrected chi connectivity index (χ2v) is 15.4. The molecule has 240 valence electrons. The summed E-state index contributed by atoms with van der Waals surface area (Å²) in [5, 5.41) is 5.48. The minimum Gasteiger partial charge on any atom is -1.00 e. The predicted octanol–water partition coefficient (Wildman–Crippen LogP) is 5.93. The molecule has 0 amide bonds. The number of fused-ring (bicyclic) bond motifs is 3. The van der Waals surface area contributed by atoms with Gasteiger partial charge >= 0.3 is 125 Å². The van der Waals surface area contributed by atoms with Crippen molar-refractivity contribution in [1.82, 2.24) is 0 Å². The topological polar surface area (TPSA) is 0 Å². The molecular formula is C43H48Cl2Zr-2. The second kappa shape index (κ2) is 17.6. The van der Waals surface area contributed by atoms with Gasteiger partial charge in [-0.05, 0) is 10.8 Å². The Morgan fingerprint density at radius 3 is 1.37 bits per heavy atom. The minimum absolute atomic E-state index is 0. The monoisotopic (exact) mass is 724 g/mol. The molecule has 0 aromatic heterocycles. The van der Waals surface area contributed by atoms with Gasteiger partial charge in [-0.15, -0.1) is 46.2 Å². The van der Waals surface area contributed by atoms with Gasteiger partial charge in [-0.2, -0.15) is 6.08 Å². The molecular weight excluding hydrogens is 679 g/mol. The molecule has 0 nitrogen and oxygen atoms in total. The van der Waals surface area contributed by atoms with Gasteiger partial charge in [-0.3, -0.25) is 6.08 Å². The summed E-state index contributed by atoms with van der Waals surface area (Å²) in [6, 6.07) is 37.8. The first-order valence-electron chi connectivity index (χ1n) is 15.9. The van der Waals surface area contributed by atoms with Crippen molar-refractivity contribution in [2.24, 2.45) is 0 Å². The Morgan fingerprint density at radius 1 is 0.652 bits per heavy atom. The molecule has 0 heterocycles. The Hall–Kier alpha value is -2.44. The molecule has 0 bridgehead atoms.